The summed E-state index contributed by atoms with van der Waals surface area (Å²) in [6, 6.07) is 7.30. The second kappa shape index (κ2) is 7.13. The molecule has 0 saturated carbocycles. The Bertz CT molecular complexity index is 372. The molecule has 18 heavy (non-hydrogen) atoms. The number of aryl methyl sites for hydroxylation is 1. The first-order chi connectivity index (χ1) is 8.56. The minimum absolute atomic E-state index is 0.0382. The number of benzene rings is 1. The summed E-state index contributed by atoms with van der Waals surface area (Å²) >= 11 is 0. The second-order valence-electron chi connectivity index (χ2n) is 4.53. The predicted molar refractivity (Wildman–Crippen MR) is 73.6 cm³/mol. The Hall–Kier alpha value is -1.39. The van der Waals surface area contributed by atoms with Gasteiger partial charge in [0.25, 0.3) is 0 Å². The van der Waals surface area contributed by atoms with E-state index < -0.39 is 0 Å². The van der Waals surface area contributed by atoms with Gasteiger partial charge in [-0.1, -0.05) is 24.6 Å². The molecule has 3 N–H and O–H groups in total. The Kier molecular flexibility index (Phi) is 5.82. The smallest absolute Gasteiger partial charge is 0.241 e. The molecule has 4 heteroatoms. The molecule has 1 amide bonds. The number of carbonyl (C=O) groups excluding carboxylic acids is 1. The first-order valence-electron chi connectivity index (χ1n) is 6.31. The number of hydrogen-bond donors (Lipinski definition) is 3. The van der Waals surface area contributed by atoms with Gasteiger partial charge in [-0.25, -0.2) is 0 Å². The maximum atomic E-state index is 11.9. The summed E-state index contributed by atoms with van der Waals surface area (Å²) in [4.78, 5) is 11.9. The summed E-state index contributed by atoms with van der Waals surface area (Å²) in [6.45, 7) is 5.81. The highest BCUT2D eigenvalue weighted by atomic mass is 16.3. The molecule has 2 atom stereocenters. The van der Waals surface area contributed by atoms with Crippen molar-refractivity contribution >= 4 is 11.6 Å². The molecule has 0 aliphatic rings. The van der Waals surface area contributed by atoms with Crippen LogP contribution >= 0.6 is 0 Å². The summed E-state index contributed by atoms with van der Waals surface area (Å²) < 4.78 is 0. The molecule has 2 unspecified atom stereocenters. The van der Waals surface area contributed by atoms with Crippen LogP contribution in [0.25, 0.3) is 0 Å². The number of rotatable bonds is 6. The number of anilines is 1. The third kappa shape index (κ3) is 4.47. The van der Waals surface area contributed by atoms with Crippen LogP contribution in [0, 0.1) is 6.92 Å². The first-order valence-corrected chi connectivity index (χ1v) is 6.31. The summed E-state index contributed by atoms with van der Waals surface area (Å²) in [7, 11) is 0. The molecule has 0 radical (unpaired) electrons. The number of aliphatic hydroxyl groups is 1. The van der Waals surface area contributed by atoms with Gasteiger partial charge in [-0.3, -0.25) is 4.79 Å². The van der Waals surface area contributed by atoms with Crippen LogP contribution in [0.15, 0.2) is 24.3 Å². The lowest BCUT2D eigenvalue weighted by Gasteiger charge is -2.20. The van der Waals surface area contributed by atoms with E-state index >= 15 is 0 Å². The minimum atomic E-state index is -0.330. The first kappa shape index (κ1) is 14.7. The fourth-order valence-electron chi connectivity index (χ4n) is 1.62. The Morgan fingerprint density at radius 1 is 1.33 bits per heavy atom. The predicted octanol–water partition coefficient (Wildman–Crippen LogP) is 1.68. The van der Waals surface area contributed by atoms with Gasteiger partial charge in [0.2, 0.25) is 5.91 Å². The van der Waals surface area contributed by atoms with Crippen LogP contribution in [0.1, 0.15) is 25.8 Å². The van der Waals surface area contributed by atoms with E-state index in [-0.39, 0.29) is 24.6 Å². The molecule has 4 nitrogen and oxygen atoms in total. The largest absolute Gasteiger partial charge is 0.395 e. The quantitative estimate of drug-likeness (QED) is 0.720. The SMILES string of the molecule is CCC(CO)NC(C)C(=O)Nc1ccc(C)cc1. The number of aliphatic hydroxyl groups excluding tert-OH is 1. The highest BCUT2D eigenvalue weighted by Gasteiger charge is 2.16. The zero-order chi connectivity index (χ0) is 13.5. The zero-order valence-electron chi connectivity index (χ0n) is 11.2. The van der Waals surface area contributed by atoms with E-state index in [1.165, 1.54) is 0 Å². The number of hydrogen-bond acceptors (Lipinski definition) is 3. The van der Waals surface area contributed by atoms with Crippen LogP contribution in [0.3, 0.4) is 0 Å². The Labute approximate surface area is 108 Å². The van der Waals surface area contributed by atoms with Gasteiger partial charge < -0.3 is 15.7 Å². The molecule has 0 fully saturated rings. The van der Waals surface area contributed by atoms with E-state index in [1.807, 2.05) is 38.1 Å². The van der Waals surface area contributed by atoms with Crippen molar-refractivity contribution in [2.24, 2.45) is 0 Å². The van der Waals surface area contributed by atoms with Gasteiger partial charge in [0.15, 0.2) is 0 Å². The number of nitrogens with one attached hydrogen (secondary N) is 2. The van der Waals surface area contributed by atoms with E-state index in [0.717, 1.165) is 17.7 Å². The minimum Gasteiger partial charge on any atom is -0.395 e. The highest BCUT2D eigenvalue weighted by Crippen LogP contribution is 2.09. The Morgan fingerprint density at radius 2 is 1.94 bits per heavy atom. The average molecular weight is 250 g/mol. The third-order valence-corrected chi connectivity index (χ3v) is 2.91. The molecule has 0 spiro atoms. The second-order valence-corrected chi connectivity index (χ2v) is 4.53. The zero-order valence-corrected chi connectivity index (χ0v) is 11.2. The van der Waals surface area contributed by atoms with Crippen molar-refractivity contribution in [3.63, 3.8) is 0 Å². The molecule has 100 valence electrons. The molecular weight excluding hydrogens is 228 g/mol. The summed E-state index contributed by atoms with van der Waals surface area (Å²) in [5.74, 6) is -0.0919. The maximum Gasteiger partial charge on any atom is 0.241 e. The molecule has 1 aromatic carbocycles. The van der Waals surface area contributed by atoms with Crippen LogP contribution in [-0.2, 0) is 4.79 Å². The lowest BCUT2D eigenvalue weighted by molar-refractivity contribution is -0.118. The van der Waals surface area contributed by atoms with Gasteiger partial charge in [0, 0.05) is 11.7 Å². The standard InChI is InChI=1S/C14H22N2O2/c1-4-12(9-17)15-11(3)14(18)16-13-7-5-10(2)6-8-13/h5-8,11-12,15,17H,4,9H2,1-3H3,(H,16,18). The fraction of sp³-hybridized carbons (Fsp3) is 0.500. The molecule has 0 bridgehead atoms. The van der Waals surface area contributed by atoms with Crippen molar-refractivity contribution < 1.29 is 9.90 Å². The van der Waals surface area contributed by atoms with E-state index in [9.17, 15) is 4.79 Å². The molecular formula is C14H22N2O2. The molecule has 0 aliphatic carbocycles. The average Bonchev–Trinajstić information content (AvgIpc) is 2.38. The fourth-order valence-corrected chi connectivity index (χ4v) is 1.62. The topological polar surface area (TPSA) is 61.4 Å². The highest BCUT2D eigenvalue weighted by molar-refractivity contribution is 5.94. The maximum absolute atomic E-state index is 11.9. The van der Waals surface area contributed by atoms with E-state index in [2.05, 4.69) is 10.6 Å². The van der Waals surface area contributed by atoms with E-state index in [4.69, 9.17) is 5.11 Å². The van der Waals surface area contributed by atoms with Crippen LogP contribution in [0.4, 0.5) is 5.69 Å². The molecule has 1 rings (SSSR count). The Balaban J connectivity index is 2.51. The van der Waals surface area contributed by atoms with Crippen molar-refractivity contribution in [3.05, 3.63) is 29.8 Å². The van der Waals surface area contributed by atoms with Gasteiger partial charge >= 0.3 is 0 Å². The van der Waals surface area contributed by atoms with Crippen molar-refractivity contribution in [1.82, 2.24) is 5.32 Å². The molecule has 0 aromatic heterocycles. The van der Waals surface area contributed by atoms with Crippen LogP contribution in [-0.4, -0.2) is 29.7 Å². The molecule has 0 aliphatic heterocycles. The van der Waals surface area contributed by atoms with Crippen molar-refractivity contribution in [3.8, 4) is 0 Å². The lowest BCUT2D eigenvalue weighted by atomic mass is 10.2. The van der Waals surface area contributed by atoms with Crippen LogP contribution in [0.2, 0.25) is 0 Å². The number of carbonyl (C=O) groups is 1. The van der Waals surface area contributed by atoms with Crippen molar-refractivity contribution in [2.45, 2.75) is 39.3 Å². The van der Waals surface area contributed by atoms with E-state index in [0.29, 0.717) is 0 Å². The normalized spacial score (nSPS) is 14.0. The van der Waals surface area contributed by atoms with Gasteiger partial charge in [0.1, 0.15) is 0 Å². The summed E-state index contributed by atoms with van der Waals surface area (Å²) in [5, 5.41) is 15.0. The van der Waals surface area contributed by atoms with Gasteiger partial charge in [-0.05, 0) is 32.4 Å². The monoisotopic (exact) mass is 250 g/mol. The van der Waals surface area contributed by atoms with Gasteiger partial charge in [0.05, 0.1) is 12.6 Å². The van der Waals surface area contributed by atoms with Crippen LogP contribution < -0.4 is 10.6 Å². The van der Waals surface area contributed by atoms with Gasteiger partial charge in [-0.2, -0.15) is 0 Å². The molecule has 0 saturated heterocycles. The Morgan fingerprint density at radius 3 is 2.44 bits per heavy atom. The van der Waals surface area contributed by atoms with E-state index in [1.54, 1.807) is 6.92 Å². The summed E-state index contributed by atoms with van der Waals surface area (Å²) in [6.07, 6.45) is 0.790. The van der Waals surface area contributed by atoms with Crippen molar-refractivity contribution in [1.29, 1.82) is 0 Å². The molecule has 1 aromatic rings. The summed E-state index contributed by atoms with van der Waals surface area (Å²) in [5.41, 5.74) is 1.95. The number of amides is 1. The van der Waals surface area contributed by atoms with Crippen LogP contribution in [0.5, 0.6) is 0 Å². The van der Waals surface area contributed by atoms with Gasteiger partial charge in [-0.15, -0.1) is 0 Å². The third-order valence-electron chi connectivity index (χ3n) is 2.91. The molecule has 0 heterocycles. The lowest BCUT2D eigenvalue weighted by Crippen LogP contribution is -2.45. The van der Waals surface area contributed by atoms with Crippen molar-refractivity contribution in [2.75, 3.05) is 11.9 Å².